The van der Waals surface area contributed by atoms with Gasteiger partial charge in [-0.05, 0) is 31.0 Å². The Hall–Kier alpha value is -2.41. The number of rotatable bonds is 6. The maximum atomic E-state index is 13.9. The van der Waals surface area contributed by atoms with Crippen molar-refractivity contribution in [2.45, 2.75) is 36.6 Å². The summed E-state index contributed by atoms with van der Waals surface area (Å²) in [6.07, 6.45) is 0. The monoisotopic (exact) mass is 362 g/mol. The molecule has 0 aliphatic heterocycles. The quantitative estimate of drug-likeness (QED) is 0.599. The zero-order chi connectivity index (χ0) is 18.6. The summed E-state index contributed by atoms with van der Waals surface area (Å²) in [6, 6.07) is 10.1. The molecule has 0 spiro atoms. The van der Waals surface area contributed by atoms with Gasteiger partial charge in [-0.2, -0.15) is 0 Å². The minimum atomic E-state index is -0.555. The lowest BCUT2D eigenvalue weighted by Crippen LogP contribution is -2.36. The van der Waals surface area contributed by atoms with Crippen LogP contribution in [0.3, 0.4) is 0 Å². The highest BCUT2D eigenvalue weighted by Gasteiger charge is 2.20. The summed E-state index contributed by atoms with van der Waals surface area (Å²) in [5.74, 6) is -0.609. The summed E-state index contributed by atoms with van der Waals surface area (Å²) in [5.41, 5.74) is -0.0183. The molecule has 0 aliphatic rings. The third-order valence-electron chi connectivity index (χ3n) is 3.83. The van der Waals surface area contributed by atoms with Gasteiger partial charge in [0, 0.05) is 28.0 Å². The summed E-state index contributed by atoms with van der Waals surface area (Å²) in [7, 11) is 0. The summed E-state index contributed by atoms with van der Waals surface area (Å²) in [6.45, 7) is 5.80. The topological polar surface area (TPSA) is 72.2 Å². The van der Waals surface area contributed by atoms with E-state index in [1.807, 2.05) is 20.8 Å². The number of benzene rings is 2. The molecule has 1 amide bonds. The minimum absolute atomic E-state index is 0.0990. The van der Waals surface area contributed by atoms with E-state index in [0.717, 1.165) is 11.8 Å². The van der Waals surface area contributed by atoms with Crippen LogP contribution >= 0.6 is 11.8 Å². The van der Waals surface area contributed by atoms with Gasteiger partial charge in [0.1, 0.15) is 5.82 Å². The molecule has 2 aromatic carbocycles. The zero-order valence-electron chi connectivity index (χ0n) is 14.2. The first kappa shape index (κ1) is 18.9. The number of hydrogen-bond donors (Lipinski definition) is 1. The fraction of sp³-hybridized carbons (Fsp3) is 0.278. The van der Waals surface area contributed by atoms with E-state index in [-0.39, 0.29) is 23.2 Å². The van der Waals surface area contributed by atoms with E-state index >= 15 is 0 Å². The van der Waals surface area contributed by atoms with Crippen LogP contribution in [0.1, 0.15) is 31.1 Å². The van der Waals surface area contributed by atoms with Crippen LogP contribution in [-0.2, 0) is 0 Å². The SMILES string of the molecule is CC(C)C(C)NC(=O)c1cc([N+](=O)[O-])ccc1Sc1ccccc1F. The number of hydrogen-bond acceptors (Lipinski definition) is 4. The highest BCUT2D eigenvalue weighted by molar-refractivity contribution is 7.99. The maximum absolute atomic E-state index is 13.9. The molecule has 0 saturated heterocycles. The maximum Gasteiger partial charge on any atom is 0.270 e. The number of halogens is 1. The second-order valence-corrected chi connectivity index (χ2v) is 7.06. The van der Waals surface area contributed by atoms with Gasteiger partial charge in [-0.3, -0.25) is 14.9 Å². The summed E-state index contributed by atoms with van der Waals surface area (Å²) in [5, 5.41) is 13.9. The smallest absolute Gasteiger partial charge is 0.270 e. The first-order chi connectivity index (χ1) is 11.8. The lowest BCUT2D eigenvalue weighted by atomic mass is 10.1. The predicted octanol–water partition coefficient (Wildman–Crippen LogP) is 4.66. The van der Waals surface area contributed by atoms with Gasteiger partial charge in [0.25, 0.3) is 11.6 Å². The number of carbonyl (C=O) groups excluding carboxylic acids is 1. The van der Waals surface area contributed by atoms with Crippen LogP contribution in [0.25, 0.3) is 0 Å². The molecule has 0 saturated carbocycles. The van der Waals surface area contributed by atoms with Crippen molar-refractivity contribution < 1.29 is 14.1 Å². The molecule has 132 valence electrons. The van der Waals surface area contributed by atoms with Gasteiger partial charge in [-0.25, -0.2) is 4.39 Å². The Morgan fingerprint density at radius 3 is 2.44 bits per heavy atom. The standard InChI is InChI=1S/C18H19FN2O3S/c1-11(2)12(3)20-18(22)14-10-13(21(23)24)8-9-16(14)25-17-7-5-4-6-15(17)19/h4-12H,1-3H3,(H,20,22). The summed E-state index contributed by atoms with van der Waals surface area (Å²) in [4.78, 5) is 23.9. The summed E-state index contributed by atoms with van der Waals surface area (Å²) >= 11 is 1.07. The number of nitro groups is 1. The molecule has 0 fully saturated rings. The molecule has 5 nitrogen and oxygen atoms in total. The molecule has 1 atom stereocenters. The van der Waals surface area contributed by atoms with Crippen molar-refractivity contribution >= 4 is 23.4 Å². The van der Waals surface area contributed by atoms with E-state index in [1.165, 1.54) is 24.3 Å². The van der Waals surface area contributed by atoms with Crippen molar-refractivity contribution in [2.75, 3.05) is 0 Å². The van der Waals surface area contributed by atoms with Gasteiger partial charge >= 0.3 is 0 Å². The fourth-order valence-electron chi connectivity index (χ4n) is 2.00. The van der Waals surface area contributed by atoms with Gasteiger partial charge in [0.05, 0.1) is 10.5 Å². The molecular weight excluding hydrogens is 343 g/mol. The highest BCUT2D eigenvalue weighted by atomic mass is 32.2. The van der Waals surface area contributed by atoms with Crippen LogP contribution < -0.4 is 5.32 Å². The Labute approximate surface area is 149 Å². The number of nitrogens with one attached hydrogen (secondary N) is 1. The van der Waals surface area contributed by atoms with Crippen LogP contribution in [0.4, 0.5) is 10.1 Å². The van der Waals surface area contributed by atoms with Crippen molar-refractivity contribution in [3.05, 3.63) is 64.0 Å². The number of non-ortho nitro benzene ring substituents is 1. The normalized spacial score (nSPS) is 12.0. The van der Waals surface area contributed by atoms with E-state index in [9.17, 15) is 19.3 Å². The molecule has 0 aliphatic carbocycles. The van der Waals surface area contributed by atoms with Crippen LogP contribution in [0.15, 0.2) is 52.3 Å². The summed E-state index contributed by atoms with van der Waals surface area (Å²) < 4.78 is 13.9. The Kier molecular flexibility index (Phi) is 6.14. The molecule has 0 radical (unpaired) electrons. The predicted molar refractivity (Wildman–Crippen MR) is 95.4 cm³/mol. The van der Waals surface area contributed by atoms with E-state index < -0.39 is 16.6 Å². The molecule has 1 unspecified atom stereocenters. The van der Waals surface area contributed by atoms with Gasteiger partial charge in [0.2, 0.25) is 0 Å². The Morgan fingerprint density at radius 2 is 1.84 bits per heavy atom. The number of nitrogens with zero attached hydrogens (tertiary/aromatic N) is 1. The number of amides is 1. The average Bonchev–Trinajstić information content (AvgIpc) is 2.56. The molecule has 0 aromatic heterocycles. The second-order valence-electron chi connectivity index (χ2n) is 5.98. The molecular formula is C18H19FN2O3S. The van der Waals surface area contributed by atoms with E-state index in [4.69, 9.17) is 0 Å². The van der Waals surface area contributed by atoms with Crippen LogP contribution in [-0.4, -0.2) is 16.9 Å². The van der Waals surface area contributed by atoms with Crippen molar-refractivity contribution in [1.82, 2.24) is 5.32 Å². The highest BCUT2D eigenvalue weighted by Crippen LogP contribution is 2.34. The van der Waals surface area contributed by atoms with E-state index in [2.05, 4.69) is 5.32 Å². The van der Waals surface area contributed by atoms with E-state index in [0.29, 0.717) is 9.79 Å². The first-order valence-electron chi connectivity index (χ1n) is 7.81. The number of carbonyl (C=O) groups is 1. The molecule has 2 rings (SSSR count). The number of nitro benzene ring substituents is 1. The second kappa shape index (κ2) is 8.11. The van der Waals surface area contributed by atoms with Gasteiger partial charge in [-0.15, -0.1) is 0 Å². The molecule has 0 heterocycles. The minimum Gasteiger partial charge on any atom is -0.349 e. The fourth-order valence-corrected chi connectivity index (χ4v) is 2.94. The molecule has 0 bridgehead atoms. The average molecular weight is 362 g/mol. The van der Waals surface area contributed by atoms with Crippen molar-refractivity contribution in [1.29, 1.82) is 0 Å². The molecule has 1 N–H and O–H groups in total. The largest absolute Gasteiger partial charge is 0.349 e. The van der Waals surface area contributed by atoms with Gasteiger partial charge in [-0.1, -0.05) is 37.7 Å². The molecule has 7 heteroatoms. The first-order valence-corrected chi connectivity index (χ1v) is 8.63. The van der Waals surface area contributed by atoms with E-state index in [1.54, 1.807) is 18.2 Å². The van der Waals surface area contributed by atoms with Crippen LogP contribution in [0.5, 0.6) is 0 Å². The van der Waals surface area contributed by atoms with Gasteiger partial charge < -0.3 is 5.32 Å². The Balaban J connectivity index is 2.40. The lowest BCUT2D eigenvalue weighted by molar-refractivity contribution is -0.384. The van der Waals surface area contributed by atoms with Crippen LogP contribution in [0.2, 0.25) is 0 Å². The Morgan fingerprint density at radius 1 is 1.16 bits per heavy atom. The third-order valence-corrected chi connectivity index (χ3v) is 4.96. The lowest BCUT2D eigenvalue weighted by Gasteiger charge is -2.18. The third kappa shape index (κ3) is 4.79. The van der Waals surface area contributed by atoms with Crippen molar-refractivity contribution in [2.24, 2.45) is 5.92 Å². The zero-order valence-corrected chi connectivity index (χ0v) is 15.0. The van der Waals surface area contributed by atoms with Crippen LogP contribution in [0, 0.1) is 21.8 Å². The van der Waals surface area contributed by atoms with Crippen molar-refractivity contribution in [3.8, 4) is 0 Å². The van der Waals surface area contributed by atoms with Gasteiger partial charge in [0.15, 0.2) is 0 Å². The molecule has 25 heavy (non-hydrogen) atoms. The molecule has 2 aromatic rings. The Bertz CT molecular complexity index is 796. The van der Waals surface area contributed by atoms with Crippen molar-refractivity contribution in [3.63, 3.8) is 0 Å².